The van der Waals surface area contributed by atoms with Crippen LogP contribution in [0, 0.1) is 0 Å². The van der Waals surface area contributed by atoms with Crippen molar-refractivity contribution in [1.82, 2.24) is 10.3 Å². The molecule has 1 N–H and O–H groups in total. The van der Waals surface area contributed by atoms with E-state index >= 15 is 0 Å². The predicted molar refractivity (Wildman–Crippen MR) is 88.0 cm³/mol. The normalized spacial score (nSPS) is 13.4. The summed E-state index contributed by atoms with van der Waals surface area (Å²) in [5.74, 6) is -0.171. The van der Waals surface area contributed by atoms with Crippen molar-refractivity contribution in [2.45, 2.75) is 13.0 Å². The molecule has 0 spiro atoms. The van der Waals surface area contributed by atoms with Gasteiger partial charge in [0.2, 0.25) is 0 Å². The summed E-state index contributed by atoms with van der Waals surface area (Å²) >= 11 is 0. The van der Waals surface area contributed by atoms with Crippen molar-refractivity contribution < 1.29 is 4.79 Å². The molecule has 2 heterocycles. The number of benzene rings is 1. The third-order valence-electron chi connectivity index (χ3n) is 3.88. The van der Waals surface area contributed by atoms with E-state index in [1.54, 1.807) is 18.3 Å². The van der Waals surface area contributed by atoms with Gasteiger partial charge in [0.15, 0.2) is 0 Å². The van der Waals surface area contributed by atoms with E-state index in [0.717, 1.165) is 25.2 Å². The van der Waals surface area contributed by atoms with Crippen molar-refractivity contribution >= 4 is 11.6 Å². The Bertz CT molecular complexity index is 679. The highest BCUT2D eigenvalue weighted by molar-refractivity contribution is 5.92. The standard InChI is InChI=1S/C18H19N3O/c1-2-10-19-18(22)17-8-7-16(12-20-17)21-11-9-14-5-3-4-6-15(14)13-21/h2-8,12H,1,9-11,13H2,(H,19,22). The van der Waals surface area contributed by atoms with Gasteiger partial charge in [-0.25, -0.2) is 4.98 Å². The summed E-state index contributed by atoms with van der Waals surface area (Å²) in [5.41, 5.74) is 4.27. The van der Waals surface area contributed by atoms with E-state index < -0.39 is 0 Å². The Labute approximate surface area is 130 Å². The number of carbonyl (C=O) groups excluding carboxylic acids is 1. The third-order valence-corrected chi connectivity index (χ3v) is 3.88. The molecule has 2 aromatic rings. The van der Waals surface area contributed by atoms with Crippen LogP contribution < -0.4 is 10.2 Å². The van der Waals surface area contributed by atoms with E-state index in [2.05, 4.69) is 46.0 Å². The van der Waals surface area contributed by atoms with Gasteiger partial charge in [-0.2, -0.15) is 0 Å². The Hall–Kier alpha value is -2.62. The number of anilines is 1. The average Bonchev–Trinajstić information content (AvgIpc) is 2.59. The first kappa shape index (κ1) is 14.3. The second kappa shape index (κ2) is 6.43. The van der Waals surface area contributed by atoms with Gasteiger partial charge in [-0.15, -0.1) is 6.58 Å². The number of fused-ring (bicyclic) bond motifs is 1. The summed E-state index contributed by atoms with van der Waals surface area (Å²) in [7, 11) is 0. The number of nitrogens with one attached hydrogen (secondary N) is 1. The molecule has 22 heavy (non-hydrogen) atoms. The van der Waals surface area contributed by atoms with Crippen molar-refractivity contribution in [1.29, 1.82) is 0 Å². The fourth-order valence-corrected chi connectivity index (χ4v) is 2.68. The van der Waals surface area contributed by atoms with Gasteiger partial charge in [0, 0.05) is 19.6 Å². The van der Waals surface area contributed by atoms with Crippen molar-refractivity contribution in [3.63, 3.8) is 0 Å². The van der Waals surface area contributed by atoms with Crippen LogP contribution in [0.15, 0.2) is 55.3 Å². The van der Waals surface area contributed by atoms with Gasteiger partial charge in [0.25, 0.3) is 5.91 Å². The lowest BCUT2D eigenvalue weighted by atomic mass is 10.00. The number of rotatable bonds is 4. The van der Waals surface area contributed by atoms with Gasteiger partial charge in [-0.05, 0) is 29.7 Å². The monoisotopic (exact) mass is 293 g/mol. The number of carbonyl (C=O) groups is 1. The topological polar surface area (TPSA) is 45.2 Å². The molecule has 1 aliphatic rings. The minimum Gasteiger partial charge on any atom is -0.366 e. The van der Waals surface area contributed by atoms with E-state index in [9.17, 15) is 4.79 Å². The van der Waals surface area contributed by atoms with E-state index in [1.807, 2.05) is 6.07 Å². The van der Waals surface area contributed by atoms with Crippen LogP contribution in [-0.2, 0) is 13.0 Å². The Morgan fingerprint density at radius 3 is 2.82 bits per heavy atom. The summed E-state index contributed by atoms with van der Waals surface area (Å²) in [6.07, 6.45) is 4.46. The fourth-order valence-electron chi connectivity index (χ4n) is 2.68. The predicted octanol–water partition coefficient (Wildman–Crippen LogP) is 2.56. The second-order valence-electron chi connectivity index (χ2n) is 5.34. The van der Waals surface area contributed by atoms with Gasteiger partial charge in [0.05, 0.1) is 11.9 Å². The first-order valence-electron chi connectivity index (χ1n) is 7.45. The quantitative estimate of drug-likeness (QED) is 0.881. The minimum atomic E-state index is -0.171. The molecule has 0 saturated carbocycles. The molecule has 0 radical (unpaired) electrons. The van der Waals surface area contributed by atoms with Gasteiger partial charge in [-0.3, -0.25) is 4.79 Å². The minimum absolute atomic E-state index is 0.171. The molecule has 4 nitrogen and oxygen atoms in total. The van der Waals surface area contributed by atoms with Gasteiger partial charge in [-0.1, -0.05) is 30.3 Å². The number of nitrogens with zero attached hydrogens (tertiary/aromatic N) is 2. The highest BCUT2D eigenvalue weighted by atomic mass is 16.1. The highest BCUT2D eigenvalue weighted by Crippen LogP contribution is 2.23. The molecule has 3 rings (SSSR count). The number of hydrogen-bond acceptors (Lipinski definition) is 3. The Balaban J connectivity index is 1.71. The lowest BCUT2D eigenvalue weighted by Gasteiger charge is -2.30. The number of pyridine rings is 1. The van der Waals surface area contributed by atoms with E-state index in [-0.39, 0.29) is 5.91 Å². The number of hydrogen-bond donors (Lipinski definition) is 1. The van der Waals surface area contributed by atoms with Gasteiger partial charge >= 0.3 is 0 Å². The smallest absolute Gasteiger partial charge is 0.270 e. The SMILES string of the molecule is C=CCNC(=O)c1ccc(N2CCc3ccccc3C2)cn1. The lowest BCUT2D eigenvalue weighted by Crippen LogP contribution is -2.30. The highest BCUT2D eigenvalue weighted by Gasteiger charge is 2.16. The maximum atomic E-state index is 11.8. The summed E-state index contributed by atoms with van der Waals surface area (Å²) in [6, 6.07) is 12.3. The van der Waals surface area contributed by atoms with Crippen LogP contribution in [0.3, 0.4) is 0 Å². The van der Waals surface area contributed by atoms with Gasteiger partial charge in [0.1, 0.15) is 5.69 Å². The lowest BCUT2D eigenvalue weighted by molar-refractivity contribution is 0.0953. The first-order chi connectivity index (χ1) is 10.8. The summed E-state index contributed by atoms with van der Waals surface area (Å²) in [6.45, 7) is 5.89. The summed E-state index contributed by atoms with van der Waals surface area (Å²) in [5, 5.41) is 2.73. The second-order valence-corrected chi connectivity index (χ2v) is 5.34. The Morgan fingerprint density at radius 2 is 2.09 bits per heavy atom. The summed E-state index contributed by atoms with van der Waals surface area (Å²) in [4.78, 5) is 18.4. The first-order valence-corrected chi connectivity index (χ1v) is 7.45. The molecule has 4 heteroatoms. The molecule has 0 fully saturated rings. The van der Waals surface area contributed by atoms with Crippen LogP contribution in [-0.4, -0.2) is 24.0 Å². The maximum absolute atomic E-state index is 11.8. The zero-order valence-corrected chi connectivity index (χ0v) is 12.5. The maximum Gasteiger partial charge on any atom is 0.270 e. The van der Waals surface area contributed by atoms with Crippen molar-refractivity contribution in [3.05, 3.63) is 72.1 Å². The molecule has 0 saturated heterocycles. The largest absolute Gasteiger partial charge is 0.366 e. The number of amides is 1. The van der Waals surface area contributed by atoms with Crippen LogP contribution in [0.5, 0.6) is 0 Å². The molecular weight excluding hydrogens is 274 g/mol. The van der Waals surface area contributed by atoms with Crippen molar-refractivity contribution in [2.75, 3.05) is 18.0 Å². The van der Waals surface area contributed by atoms with Crippen LogP contribution in [0.2, 0.25) is 0 Å². The summed E-state index contributed by atoms with van der Waals surface area (Å²) < 4.78 is 0. The third kappa shape index (κ3) is 3.01. The van der Waals surface area contributed by atoms with Crippen LogP contribution in [0.1, 0.15) is 21.6 Å². The van der Waals surface area contributed by atoms with E-state index in [1.165, 1.54) is 11.1 Å². The molecule has 1 aliphatic heterocycles. The van der Waals surface area contributed by atoms with E-state index in [4.69, 9.17) is 0 Å². The van der Waals surface area contributed by atoms with Crippen LogP contribution in [0.25, 0.3) is 0 Å². The molecular formula is C18H19N3O. The van der Waals surface area contributed by atoms with Crippen molar-refractivity contribution in [3.8, 4) is 0 Å². The molecule has 1 aromatic heterocycles. The number of aromatic nitrogens is 1. The Morgan fingerprint density at radius 1 is 1.27 bits per heavy atom. The molecule has 0 atom stereocenters. The fraction of sp³-hybridized carbons (Fsp3) is 0.222. The van der Waals surface area contributed by atoms with Crippen LogP contribution in [0.4, 0.5) is 5.69 Å². The van der Waals surface area contributed by atoms with Crippen LogP contribution >= 0.6 is 0 Å². The molecule has 1 aromatic carbocycles. The molecule has 0 aliphatic carbocycles. The molecule has 0 bridgehead atoms. The zero-order chi connectivity index (χ0) is 15.4. The molecule has 1 amide bonds. The van der Waals surface area contributed by atoms with Crippen molar-refractivity contribution in [2.24, 2.45) is 0 Å². The zero-order valence-electron chi connectivity index (χ0n) is 12.5. The average molecular weight is 293 g/mol. The Kier molecular flexibility index (Phi) is 4.19. The van der Waals surface area contributed by atoms with Gasteiger partial charge < -0.3 is 10.2 Å². The molecule has 0 unspecified atom stereocenters. The van der Waals surface area contributed by atoms with E-state index in [0.29, 0.717) is 12.2 Å². The molecule has 112 valence electrons.